The smallest absolute Gasteiger partial charge is 0.255 e. The fraction of sp³-hybridized carbons (Fsp3) is 0.333. The average molecular weight is 273 g/mol. The molecule has 1 N–H and O–H groups in total. The Balaban J connectivity index is 2.55. The van der Waals surface area contributed by atoms with E-state index in [-0.39, 0.29) is 12.1 Å². The van der Waals surface area contributed by atoms with E-state index in [2.05, 4.69) is 11.4 Å². The maximum absolute atomic E-state index is 12.4. The van der Waals surface area contributed by atoms with Gasteiger partial charge in [-0.25, -0.2) is 4.39 Å². The zero-order chi connectivity index (χ0) is 14.5. The molecule has 0 spiro atoms. The molecule has 1 aromatic heterocycles. The topological polar surface area (TPSA) is 57.8 Å². The maximum atomic E-state index is 12.4. The molecule has 0 atom stereocenters. The summed E-state index contributed by atoms with van der Waals surface area (Å²) in [6, 6.07) is 9.16. The molecule has 0 amide bonds. The molecule has 0 saturated heterocycles. The monoisotopic (exact) mass is 273 g/mol. The number of aryl methyl sites for hydroxylation is 1. The van der Waals surface area contributed by atoms with Crippen LogP contribution < -0.4 is 10.9 Å². The number of halogens is 1. The minimum Gasteiger partial charge on any atom is -0.310 e. The van der Waals surface area contributed by atoms with Crippen molar-refractivity contribution < 1.29 is 4.39 Å². The van der Waals surface area contributed by atoms with Crippen LogP contribution in [0.25, 0.3) is 10.9 Å². The van der Waals surface area contributed by atoms with E-state index in [1.54, 1.807) is 22.8 Å². The molecule has 5 heteroatoms. The Morgan fingerprint density at radius 1 is 1.40 bits per heavy atom. The van der Waals surface area contributed by atoms with Crippen LogP contribution in [0.4, 0.5) is 4.39 Å². The molecule has 2 rings (SSSR count). The van der Waals surface area contributed by atoms with Gasteiger partial charge in [-0.2, -0.15) is 5.26 Å². The number of benzene rings is 1. The van der Waals surface area contributed by atoms with Crippen molar-refractivity contribution in [2.45, 2.75) is 20.0 Å². The van der Waals surface area contributed by atoms with Crippen LogP contribution in [-0.2, 0) is 13.1 Å². The van der Waals surface area contributed by atoms with Gasteiger partial charge in [0.15, 0.2) is 0 Å². The standard InChI is InChI=1S/C15H16FN3O/c1-2-19-14-7-11(9-17)3-4-12(14)8-13(15(19)20)10-18-6-5-16/h3-4,7-8,18H,2,5-6,10H2,1H3. The Morgan fingerprint density at radius 3 is 2.85 bits per heavy atom. The lowest BCUT2D eigenvalue weighted by atomic mass is 10.1. The number of rotatable bonds is 5. The van der Waals surface area contributed by atoms with E-state index in [1.165, 1.54) is 0 Å². The van der Waals surface area contributed by atoms with Gasteiger partial charge in [0, 0.05) is 25.2 Å². The molecule has 1 aromatic carbocycles. The van der Waals surface area contributed by atoms with Gasteiger partial charge in [-0.05, 0) is 30.5 Å². The number of alkyl halides is 1. The number of pyridine rings is 1. The van der Waals surface area contributed by atoms with Crippen molar-refractivity contribution in [2.75, 3.05) is 13.2 Å². The highest BCUT2D eigenvalue weighted by molar-refractivity contribution is 5.81. The van der Waals surface area contributed by atoms with Crippen molar-refractivity contribution in [1.29, 1.82) is 5.26 Å². The third-order valence-corrected chi connectivity index (χ3v) is 3.20. The molecule has 2 aromatic rings. The zero-order valence-corrected chi connectivity index (χ0v) is 11.3. The largest absolute Gasteiger partial charge is 0.310 e. The molecule has 0 bridgehead atoms. The molecular weight excluding hydrogens is 257 g/mol. The molecule has 1 heterocycles. The van der Waals surface area contributed by atoms with Gasteiger partial charge in [-0.3, -0.25) is 4.79 Å². The number of aromatic nitrogens is 1. The van der Waals surface area contributed by atoms with Gasteiger partial charge < -0.3 is 9.88 Å². The predicted molar refractivity (Wildman–Crippen MR) is 76.3 cm³/mol. The van der Waals surface area contributed by atoms with Crippen LogP contribution in [0.1, 0.15) is 18.1 Å². The lowest BCUT2D eigenvalue weighted by Gasteiger charge is -2.11. The van der Waals surface area contributed by atoms with Gasteiger partial charge >= 0.3 is 0 Å². The van der Waals surface area contributed by atoms with Crippen molar-refractivity contribution in [3.05, 3.63) is 45.7 Å². The molecule has 104 valence electrons. The van der Waals surface area contributed by atoms with Gasteiger partial charge in [0.25, 0.3) is 5.56 Å². The number of nitriles is 1. The summed E-state index contributed by atoms with van der Waals surface area (Å²) in [4.78, 5) is 12.4. The van der Waals surface area contributed by atoms with Crippen LogP contribution in [0.3, 0.4) is 0 Å². The van der Waals surface area contributed by atoms with Crippen molar-refractivity contribution in [3.8, 4) is 6.07 Å². The molecule has 0 fully saturated rings. The molecule has 0 aliphatic heterocycles. The molecule has 20 heavy (non-hydrogen) atoms. The number of hydrogen-bond acceptors (Lipinski definition) is 3. The molecule has 0 radical (unpaired) electrons. The van der Waals surface area contributed by atoms with Crippen molar-refractivity contribution in [3.63, 3.8) is 0 Å². The Morgan fingerprint density at radius 2 is 2.20 bits per heavy atom. The van der Waals surface area contributed by atoms with Gasteiger partial charge in [0.05, 0.1) is 17.1 Å². The van der Waals surface area contributed by atoms with Crippen LogP contribution in [0.5, 0.6) is 0 Å². The van der Waals surface area contributed by atoms with E-state index < -0.39 is 6.67 Å². The quantitative estimate of drug-likeness (QED) is 0.847. The van der Waals surface area contributed by atoms with Crippen LogP contribution in [-0.4, -0.2) is 17.8 Å². The number of nitrogens with zero attached hydrogens (tertiary/aromatic N) is 2. The second-order valence-electron chi connectivity index (χ2n) is 4.47. The first kappa shape index (κ1) is 14.2. The highest BCUT2D eigenvalue weighted by atomic mass is 19.1. The predicted octanol–water partition coefficient (Wildman–Crippen LogP) is 1.95. The van der Waals surface area contributed by atoms with Gasteiger partial charge in [0.1, 0.15) is 6.67 Å². The normalized spacial score (nSPS) is 10.7. The SMILES string of the molecule is CCn1c(=O)c(CNCCF)cc2ccc(C#N)cc21. The molecule has 0 unspecified atom stereocenters. The van der Waals surface area contributed by atoms with Crippen molar-refractivity contribution in [1.82, 2.24) is 9.88 Å². The summed E-state index contributed by atoms with van der Waals surface area (Å²) in [5.74, 6) is 0. The van der Waals surface area contributed by atoms with E-state index in [4.69, 9.17) is 5.26 Å². The first-order chi connectivity index (χ1) is 9.71. The van der Waals surface area contributed by atoms with Crippen LogP contribution in [0, 0.1) is 11.3 Å². The third-order valence-electron chi connectivity index (χ3n) is 3.20. The Bertz CT molecular complexity index is 715. The summed E-state index contributed by atoms with van der Waals surface area (Å²) < 4.78 is 13.7. The fourth-order valence-corrected chi connectivity index (χ4v) is 2.23. The number of fused-ring (bicyclic) bond motifs is 1. The minimum atomic E-state index is -0.457. The van der Waals surface area contributed by atoms with Crippen molar-refractivity contribution in [2.24, 2.45) is 0 Å². The first-order valence-corrected chi connectivity index (χ1v) is 6.54. The molecule has 4 nitrogen and oxygen atoms in total. The molecule has 0 aliphatic rings. The van der Waals surface area contributed by atoms with E-state index in [0.717, 1.165) is 10.9 Å². The lowest BCUT2D eigenvalue weighted by Crippen LogP contribution is -2.27. The Labute approximate surface area is 116 Å². The molecule has 0 aliphatic carbocycles. The maximum Gasteiger partial charge on any atom is 0.255 e. The Kier molecular flexibility index (Phi) is 4.49. The Hall–Kier alpha value is -2.19. The number of hydrogen-bond donors (Lipinski definition) is 1. The third kappa shape index (κ3) is 2.70. The summed E-state index contributed by atoms with van der Waals surface area (Å²) in [5.41, 5.74) is 1.80. The van der Waals surface area contributed by atoms with E-state index in [9.17, 15) is 9.18 Å². The van der Waals surface area contributed by atoms with Crippen LogP contribution in [0.15, 0.2) is 29.1 Å². The van der Waals surface area contributed by atoms with Gasteiger partial charge in [0.2, 0.25) is 0 Å². The summed E-state index contributed by atoms with van der Waals surface area (Å²) in [7, 11) is 0. The van der Waals surface area contributed by atoms with E-state index in [1.807, 2.05) is 13.0 Å². The second-order valence-corrected chi connectivity index (χ2v) is 4.47. The second kappa shape index (κ2) is 6.31. The van der Waals surface area contributed by atoms with Crippen LogP contribution >= 0.6 is 0 Å². The lowest BCUT2D eigenvalue weighted by molar-refractivity contribution is 0.466. The van der Waals surface area contributed by atoms with Crippen LogP contribution in [0.2, 0.25) is 0 Å². The summed E-state index contributed by atoms with van der Waals surface area (Å²) in [6.45, 7) is 2.54. The van der Waals surface area contributed by atoms with Gasteiger partial charge in [-0.1, -0.05) is 6.07 Å². The highest BCUT2D eigenvalue weighted by Crippen LogP contribution is 2.16. The van der Waals surface area contributed by atoms with E-state index in [0.29, 0.717) is 24.2 Å². The zero-order valence-electron chi connectivity index (χ0n) is 11.3. The van der Waals surface area contributed by atoms with E-state index >= 15 is 0 Å². The summed E-state index contributed by atoms with van der Waals surface area (Å²) >= 11 is 0. The minimum absolute atomic E-state index is 0.0959. The number of nitrogens with one attached hydrogen (secondary N) is 1. The average Bonchev–Trinajstić information content (AvgIpc) is 2.47. The summed E-state index contributed by atoms with van der Waals surface area (Å²) in [5, 5.41) is 12.7. The highest BCUT2D eigenvalue weighted by Gasteiger charge is 2.08. The summed E-state index contributed by atoms with van der Waals surface area (Å²) in [6.07, 6.45) is 0. The van der Waals surface area contributed by atoms with Crippen molar-refractivity contribution >= 4 is 10.9 Å². The first-order valence-electron chi connectivity index (χ1n) is 6.54. The van der Waals surface area contributed by atoms with Gasteiger partial charge in [-0.15, -0.1) is 0 Å². The molecule has 0 saturated carbocycles. The molecular formula is C15H16FN3O. The fourth-order valence-electron chi connectivity index (χ4n) is 2.23.